The Labute approximate surface area is 180 Å². The number of carbonyl (C=O) groups is 1. The van der Waals surface area contributed by atoms with Gasteiger partial charge in [0.1, 0.15) is 11.9 Å². The number of sulfone groups is 1. The van der Waals surface area contributed by atoms with Gasteiger partial charge in [0.25, 0.3) is 0 Å². The van der Waals surface area contributed by atoms with Crippen molar-refractivity contribution < 1.29 is 17.6 Å². The standard InChI is InChI=1S/C23H22FN3O3S/c1-22(2)9-17-20(18(28)10-22)23(3,13-6-5-7-14(8-13)31(4,29)30)19-15(11-25)16(24)12-26-21(19)27-17/h5-8,12H,9-10H2,1-4H3,(H,26,27)/t23-/m1/s1. The van der Waals surface area contributed by atoms with Gasteiger partial charge in [0.15, 0.2) is 21.4 Å². The van der Waals surface area contributed by atoms with E-state index in [4.69, 9.17) is 0 Å². The molecule has 8 heteroatoms. The smallest absolute Gasteiger partial charge is 0.175 e. The van der Waals surface area contributed by atoms with Crippen molar-refractivity contribution in [2.75, 3.05) is 11.6 Å². The Morgan fingerprint density at radius 2 is 1.94 bits per heavy atom. The zero-order chi connectivity index (χ0) is 22.8. The van der Waals surface area contributed by atoms with Gasteiger partial charge in [-0.1, -0.05) is 26.0 Å². The first-order valence-corrected chi connectivity index (χ1v) is 11.7. The number of hydrogen-bond donors (Lipinski definition) is 1. The lowest BCUT2D eigenvalue weighted by Crippen LogP contribution is -2.43. The molecule has 1 aliphatic carbocycles. The Bertz CT molecular complexity index is 1320. The molecule has 0 radical (unpaired) electrons. The van der Waals surface area contributed by atoms with Gasteiger partial charge in [0.2, 0.25) is 0 Å². The number of ketones is 1. The molecule has 1 atom stereocenters. The maximum atomic E-state index is 14.6. The number of pyridine rings is 1. The minimum Gasteiger partial charge on any atom is -0.343 e. The number of anilines is 1. The van der Waals surface area contributed by atoms with Gasteiger partial charge in [0.05, 0.1) is 22.1 Å². The highest BCUT2D eigenvalue weighted by Gasteiger charge is 2.49. The molecule has 0 amide bonds. The molecule has 0 fully saturated rings. The van der Waals surface area contributed by atoms with Crippen LogP contribution >= 0.6 is 0 Å². The molecule has 0 unspecified atom stereocenters. The van der Waals surface area contributed by atoms with Crippen LogP contribution in [0.4, 0.5) is 10.2 Å². The fraction of sp³-hybridized carbons (Fsp3) is 0.348. The third-order valence-corrected chi connectivity index (χ3v) is 7.24. The van der Waals surface area contributed by atoms with E-state index in [-0.39, 0.29) is 33.6 Å². The van der Waals surface area contributed by atoms with Crippen molar-refractivity contribution in [1.29, 1.82) is 5.26 Å². The second kappa shape index (κ2) is 6.72. The van der Waals surface area contributed by atoms with Crippen LogP contribution in [0.2, 0.25) is 0 Å². The molecule has 1 aliphatic heterocycles. The Kier molecular flexibility index (Phi) is 4.60. The molecule has 4 rings (SSSR count). The zero-order valence-electron chi connectivity index (χ0n) is 17.7. The van der Waals surface area contributed by atoms with E-state index in [1.807, 2.05) is 19.9 Å². The summed E-state index contributed by atoms with van der Waals surface area (Å²) in [5, 5.41) is 12.9. The van der Waals surface area contributed by atoms with Gasteiger partial charge in [-0.2, -0.15) is 5.26 Å². The van der Waals surface area contributed by atoms with E-state index < -0.39 is 21.1 Å². The summed E-state index contributed by atoms with van der Waals surface area (Å²) in [5.41, 5.74) is 0.0835. The van der Waals surface area contributed by atoms with E-state index >= 15 is 0 Å². The molecule has 6 nitrogen and oxygen atoms in total. The maximum absolute atomic E-state index is 14.6. The van der Waals surface area contributed by atoms with Crippen molar-refractivity contribution in [3.8, 4) is 6.07 Å². The number of nitrogens with one attached hydrogen (secondary N) is 1. The topological polar surface area (TPSA) is 99.9 Å². The summed E-state index contributed by atoms with van der Waals surface area (Å²) in [5.74, 6) is -0.611. The lowest BCUT2D eigenvalue weighted by atomic mass is 9.61. The number of nitriles is 1. The van der Waals surface area contributed by atoms with Gasteiger partial charge < -0.3 is 5.32 Å². The van der Waals surface area contributed by atoms with Gasteiger partial charge in [0, 0.05) is 29.5 Å². The number of hydrogen-bond acceptors (Lipinski definition) is 6. The van der Waals surface area contributed by atoms with Gasteiger partial charge in [-0.25, -0.2) is 17.8 Å². The molecular formula is C23H22FN3O3S. The fourth-order valence-corrected chi connectivity index (χ4v) is 5.45. The van der Waals surface area contributed by atoms with E-state index in [0.717, 1.165) is 12.5 Å². The Hall–Kier alpha value is -3.05. The summed E-state index contributed by atoms with van der Waals surface area (Å²) in [6.07, 6.45) is 2.94. The Morgan fingerprint density at radius 3 is 2.58 bits per heavy atom. The quantitative estimate of drug-likeness (QED) is 0.763. The normalized spacial score (nSPS) is 22.3. The molecule has 0 spiro atoms. The van der Waals surface area contributed by atoms with Crippen LogP contribution in [-0.2, 0) is 20.0 Å². The number of carbonyl (C=O) groups excluding carboxylic acids is 1. The molecule has 1 aromatic carbocycles. The van der Waals surface area contributed by atoms with Crippen LogP contribution in [-0.4, -0.2) is 25.4 Å². The first-order chi connectivity index (χ1) is 14.4. The third-order valence-electron chi connectivity index (χ3n) is 6.13. The molecular weight excluding hydrogens is 417 g/mol. The van der Waals surface area contributed by atoms with E-state index in [0.29, 0.717) is 29.1 Å². The first-order valence-electron chi connectivity index (χ1n) is 9.82. The summed E-state index contributed by atoms with van der Waals surface area (Å²) < 4.78 is 39.1. The molecule has 1 N–H and O–H groups in total. The Balaban J connectivity index is 2.12. The molecule has 2 heterocycles. The van der Waals surface area contributed by atoms with Crippen molar-refractivity contribution >= 4 is 21.4 Å². The minimum absolute atomic E-state index is 0.0833. The summed E-state index contributed by atoms with van der Waals surface area (Å²) in [7, 11) is -3.52. The zero-order valence-corrected chi connectivity index (χ0v) is 18.5. The predicted octanol–water partition coefficient (Wildman–Crippen LogP) is 3.87. The van der Waals surface area contributed by atoms with Gasteiger partial charge >= 0.3 is 0 Å². The lowest BCUT2D eigenvalue weighted by molar-refractivity contribution is -0.118. The number of nitrogens with zero attached hydrogens (tertiary/aromatic N) is 2. The average molecular weight is 440 g/mol. The lowest BCUT2D eigenvalue weighted by Gasteiger charge is -2.44. The molecule has 0 saturated carbocycles. The van der Waals surface area contributed by atoms with Crippen LogP contribution in [0.25, 0.3) is 0 Å². The van der Waals surface area contributed by atoms with Crippen LogP contribution in [0.15, 0.2) is 46.6 Å². The van der Waals surface area contributed by atoms with Crippen molar-refractivity contribution in [1.82, 2.24) is 4.98 Å². The number of rotatable bonds is 2. The van der Waals surface area contributed by atoms with Crippen LogP contribution in [0.1, 0.15) is 50.3 Å². The second-order valence-electron chi connectivity index (χ2n) is 9.16. The summed E-state index contributed by atoms with van der Waals surface area (Å²) in [6, 6.07) is 8.17. The van der Waals surface area contributed by atoms with Crippen molar-refractivity contribution in [3.05, 3.63) is 64.2 Å². The highest BCUT2D eigenvalue weighted by atomic mass is 32.2. The summed E-state index contributed by atoms with van der Waals surface area (Å²) in [6.45, 7) is 5.72. The summed E-state index contributed by atoms with van der Waals surface area (Å²) in [4.78, 5) is 17.7. The number of allylic oxidation sites excluding steroid dienone is 2. The molecule has 0 bridgehead atoms. The van der Waals surface area contributed by atoms with E-state index in [1.165, 1.54) is 12.1 Å². The number of fused-ring (bicyclic) bond motifs is 1. The number of halogens is 1. The van der Waals surface area contributed by atoms with Gasteiger partial charge in [-0.05, 0) is 36.5 Å². The Morgan fingerprint density at radius 1 is 1.23 bits per heavy atom. The highest BCUT2D eigenvalue weighted by molar-refractivity contribution is 7.90. The van der Waals surface area contributed by atoms with E-state index in [2.05, 4.69) is 10.3 Å². The van der Waals surface area contributed by atoms with Crippen molar-refractivity contribution in [3.63, 3.8) is 0 Å². The molecule has 2 aromatic rings. The highest BCUT2D eigenvalue weighted by Crippen LogP contribution is 2.53. The maximum Gasteiger partial charge on any atom is 0.175 e. The van der Waals surface area contributed by atoms with Crippen LogP contribution < -0.4 is 5.32 Å². The monoisotopic (exact) mass is 439 g/mol. The fourth-order valence-electron chi connectivity index (χ4n) is 4.78. The van der Waals surface area contributed by atoms with E-state index in [1.54, 1.807) is 19.1 Å². The number of Topliss-reactive ketones (excluding diaryl/α,β-unsaturated/α-hetero) is 1. The summed E-state index contributed by atoms with van der Waals surface area (Å²) >= 11 is 0. The van der Waals surface area contributed by atoms with Crippen molar-refractivity contribution in [2.45, 2.75) is 43.9 Å². The van der Waals surface area contributed by atoms with Crippen molar-refractivity contribution in [2.24, 2.45) is 5.41 Å². The third kappa shape index (κ3) is 3.24. The van der Waals surface area contributed by atoms with Gasteiger partial charge in [-0.3, -0.25) is 4.79 Å². The van der Waals surface area contributed by atoms with Crippen LogP contribution in [0.5, 0.6) is 0 Å². The van der Waals surface area contributed by atoms with Gasteiger partial charge in [-0.15, -0.1) is 0 Å². The molecule has 1 aromatic heterocycles. The second-order valence-corrected chi connectivity index (χ2v) is 11.2. The molecule has 160 valence electrons. The first kappa shape index (κ1) is 21.2. The molecule has 31 heavy (non-hydrogen) atoms. The SMILES string of the molecule is CC1(C)CC(=O)C2=C(C1)Nc1ncc(F)c(C#N)c1[C@@]2(C)c1cccc(S(C)(=O)=O)c1. The molecule has 2 aliphatic rings. The number of benzene rings is 1. The molecule has 0 saturated heterocycles. The largest absolute Gasteiger partial charge is 0.343 e. The predicted molar refractivity (Wildman–Crippen MR) is 114 cm³/mol. The van der Waals surface area contributed by atoms with Crippen LogP contribution in [0.3, 0.4) is 0 Å². The minimum atomic E-state index is -3.52. The van der Waals surface area contributed by atoms with E-state index in [9.17, 15) is 22.9 Å². The van der Waals surface area contributed by atoms with Crippen LogP contribution in [0, 0.1) is 22.6 Å². The number of aromatic nitrogens is 1. The average Bonchev–Trinajstić information content (AvgIpc) is 2.66.